The molecule has 0 spiro atoms. The fourth-order valence-corrected chi connectivity index (χ4v) is 1.51. The number of aromatic nitrogens is 2. The van der Waals surface area contributed by atoms with Crippen molar-refractivity contribution in [1.29, 1.82) is 0 Å². The first-order chi connectivity index (χ1) is 8.15. The highest BCUT2D eigenvalue weighted by Gasteiger charge is 2.05. The Morgan fingerprint density at radius 3 is 2.82 bits per heavy atom. The van der Waals surface area contributed by atoms with Gasteiger partial charge in [-0.05, 0) is 20.3 Å². The van der Waals surface area contributed by atoms with Crippen molar-refractivity contribution in [3.05, 3.63) is 11.9 Å². The lowest BCUT2D eigenvalue weighted by atomic mass is 10.2. The van der Waals surface area contributed by atoms with Gasteiger partial charge in [0.05, 0.1) is 12.7 Å². The maximum absolute atomic E-state index is 9.62. The van der Waals surface area contributed by atoms with Crippen LogP contribution in [0.3, 0.4) is 0 Å². The number of hydrogen-bond acceptors (Lipinski definition) is 5. The fourth-order valence-electron chi connectivity index (χ4n) is 1.51. The van der Waals surface area contributed by atoms with E-state index in [2.05, 4.69) is 15.3 Å². The van der Waals surface area contributed by atoms with E-state index in [0.717, 1.165) is 12.8 Å². The van der Waals surface area contributed by atoms with E-state index in [1.54, 1.807) is 6.07 Å². The highest BCUT2D eigenvalue weighted by atomic mass is 16.5. The lowest BCUT2D eigenvalue weighted by Gasteiger charge is -2.12. The molecule has 1 heterocycles. The van der Waals surface area contributed by atoms with Gasteiger partial charge in [-0.1, -0.05) is 13.3 Å². The molecule has 1 aromatic heterocycles. The second kappa shape index (κ2) is 7.06. The van der Waals surface area contributed by atoms with Crippen LogP contribution in [0.5, 0.6) is 5.88 Å². The molecule has 1 aromatic rings. The quantitative estimate of drug-likeness (QED) is 0.759. The van der Waals surface area contributed by atoms with E-state index in [-0.39, 0.29) is 6.10 Å². The SMILES string of the molecule is CCCC(O)CNc1cc(OCC)nc(C)n1. The summed E-state index contributed by atoms with van der Waals surface area (Å²) >= 11 is 0. The summed E-state index contributed by atoms with van der Waals surface area (Å²) in [6.45, 7) is 6.85. The van der Waals surface area contributed by atoms with Crippen LogP contribution < -0.4 is 10.1 Å². The summed E-state index contributed by atoms with van der Waals surface area (Å²) < 4.78 is 5.33. The third-order valence-corrected chi connectivity index (χ3v) is 2.25. The smallest absolute Gasteiger partial charge is 0.218 e. The van der Waals surface area contributed by atoms with Crippen molar-refractivity contribution in [3.8, 4) is 5.88 Å². The Morgan fingerprint density at radius 2 is 2.18 bits per heavy atom. The molecule has 1 atom stereocenters. The lowest BCUT2D eigenvalue weighted by Crippen LogP contribution is -2.19. The highest BCUT2D eigenvalue weighted by molar-refractivity contribution is 5.38. The summed E-state index contributed by atoms with van der Waals surface area (Å²) in [5.41, 5.74) is 0. The molecular formula is C12H21N3O2. The van der Waals surface area contributed by atoms with Gasteiger partial charge in [0.25, 0.3) is 0 Å². The lowest BCUT2D eigenvalue weighted by molar-refractivity contribution is 0.176. The van der Waals surface area contributed by atoms with E-state index in [9.17, 15) is 5.11 Å². The van der Waals surface area contributed by atoms with Gasteiger partial charge < -0.3 is 15.2 Å². The summed E-state index contributed by atoms with van der Waals surface area (Å²) in [6.07, 6.45) is 1.41. The molecule has 0 aliphatic rings. The number of anilines is 1. The molecule has 5 nitrogen and oxygen atoms in total. The summed E-state index contributed by atoms with van der Waals surface area (Å²) in [6, 6.07) is 1.75. The van der Waals surface area contributed by atoms with Crippen molar-refractivity contribution in [3.63, 3.8) is 0 Å². The van der Waals surface area contributed by atoms with Gasteiger partial charge in [0.1, 0.15) is 11.6 Å². The number of aliphatic hydroxyl groups is 1. The van der Waals surface area contributed by atoms with Crippen molar-refractivity contribution in [2.75, 3.05) is 18.5 Å². The van der Waals surface area contributed by atoms with Crippen molar-refractivity contribution in [1.82, 2.24) is 9.97 Å². The normalized spacial score (nSPS) is 12.2. The number of rotatable bonds is 7. The van der Waals surface area contributed by atoms with E-state index < -0.39 is 0 Å². The van der Waals surface area contributed by atoms with Gasteiger partial charge in [0.15, 0.2) is 0 Å². The zero-order valence-electron chi connectivity index (χ0n) is 10.7. The molecule has 0 saturated heterocycles. The van der Waals surface area contributed by atoms with Crippen LogP contribution in [0, 0.1) is 6.92 Å². The number of nitrogens with zero attached hydrogens (tertiary/aromatic N) is 2. The van der Waals surface area contributed by atoms with Crippen LogP contribution in [0.2, 0.25) is 0 Å². The molecule has 0 bridgehead atoms. The third kappa shape index (κ3) is 4.99. The Bertz CT molecular complexity index is 345. The van der Waals surface area contributed by atoms with Gasteiger partial charge in [0, 0.05) is 12.6 Å². The fraction of sp³-hybridized carbons (Fsp3) is 0.667. The number of aryl methyl sites for hydroxylation is 1. The van der Waals surface area contributed by atoms with Crippen LogP contribution >= 0.6 is 0 Å². The second-order valence-corrected chi connectivity index (χ2v) is 3.90. The van der Waals surface area contributed by atoms with Gasteiger partial charge in [-0.3, -0.25) is 0 Å². The van der Waals surface area contributed by atoms with Crippen LogP contribution in [0.1, 0.15) is 32.5 Å². The van der Waals surface area contributed by atoms with Crippen molar-refractivity contribution >= 4 is 5.82 Å². The number of hydrogen-bond donors (Lipinski definition) is 2. The van der Waals surface area contributed by atoms with Crippen LogP contribution in [0.4, 0.5) is 5.82 Å². The molecular weight excluding hydrogens is 218 g/mol. The van der Waals surface area contributed by atoms with Gasteiger partial charge in [-0.25, -0.2) is 4.98 Å². The predicted octanol–water partition coefficient (Wildman–Crippen LogP) is 1.76. The van der Waals surface area contributed by atoms with Crippen molar-refractivity contribution in [2.24, 2.45) is 0 Å². The Labute approximate surface area is 102 Å². The average molecular weight is 239 g/mol. The van der Waals surface area contributed by atoms with Gasteiger partial charge in [-0.2, -0.15) is 4.98 Å². The number of nitrogens with one attached hydrogen (secondary N) is 1. The first-order valence-electron chi connectivity index (χ1n) is 6.06. The highest BCUT2D eigenvalue weighted by Crippen LogP contribution is 2.13. The number of aliphatic hydroxyl groups excluding tert-OH is 1. The van der Waals surface area contributed by atoms with Crippen molar-refractivity contribution in [2.45, 2.75) is 39.7 Å². The average Bonchev–Trinajstić information content (AvgIpc) is 2.26. The minimum Gasteiger partial charge on any atom is -0.478 e. The molecule has 1 rings (SSSR count). The van der Waals surface area contributed by atoms with E-state index in [4.69, 9.17) is 4.74 Å². The Morgan fingerprint density at radius 1 is 1.41 bits per heavy atom. The van der Waals surface area contributed by atoms with Crippen LogP contribution in [-0.4, -0.2) is 34.3 Å². The van der Waals surface area contributed by atoms with Crippen LogP contribution in [-0.2, 0) is 0 Å². The molecule has 0 aromatic carbocycles. The maximum Gasteiger partial charge on any atom is 0.218 e. The Balaban J connectivity index is 2.57. The molecule has 1 unspecified atom stereocenters. The minimum absolute atomic E-state index is 0.342. The molecule has 17 heavy (non-hydrogen) atoms. The second-order valence-electron chi connectivity index (χ2n) is 3.90. The molecule has 96 valence electrons. The molecule has 0 radical (unpaired) electrons. The van der Waals surface area contributed by atoms with Crippen LogP contribution in [0.25, 0.3) is 0 Å². The topological polar surface area (TPSA) is 67.3 Å². The van der Waals surface area contributed by atoms with E-state index in [0.29, 0.717) is 30.7 Å². The summed E-state index contributed by atoms with van der Waals surface area (Å²) in [5, 5.41) is 12.7. The summed E-state index contributed by atoms with van der Waals surface area (Å²) in [7, 11) is 0. The molecule has 0 fully saturated rings. The maximum atomic E-state index is 9.62. The zero-order valence-corrected chi connectivity index (χ0v) is 10.7. The molecule has 5 heteroatoms. The molecule has 0 amide bonds. The number of ether oxygens (including phenoxy) is 1. The van der Waals surface area contributed by atoms with Gasteiger partial charge in [-0.15, -0.1) is 0 Å². The Hall–Kier alpha value is -1.36. The monoisotopic (exact) mass is 239 g/mol. The standard InChI is InChI=1S/C12H21N3O2/c1-4-6-10(16)8-13-11-7-12(17-5-2)15-9(3)14-11/h7,10,16H,4-6,8H2,1-3H3,(H,13,14,15). The molecule has 0 aliphatic heterocycles. The third-order valence-electron chi connectivity index (χ3n) is 2.25. The molecule has 2 N–H and O–H groups in total. The minimum atomic E-state index is -0.342. The first kappa shape index (κ1) is 13.7. The van der Waals surface area contributed by atoms with E-state index >= 15 is 0 Å². The van der Waals surface area contributed by atoms with E-state index in [1.807, 2.05) is 20.8 Å². The first-order valence-corrected chi connectivity index (χ1v) is 6.06. The summed E-state index contributed by atoms with van der Waals surface area (Å²) in [5.74, 6) is 1.91. The molecule has 0 aliphatic carbocycles. The summed E-state index contributed by atoms with van der Waals surface area (Å²) in [4.78, 5) is 8.39. The van der Waals surface area contributed by atoms with Crippen molar-refractivity contribution < 1.29 is 9.84 Å². The largest absolute Gasteiger partial charge is 0.478 e. The van der Waals surface area contributed by atoms with Gasteiger partial charge >= 0.3 is 0 Å². The van der Waals surface area contributed by atoms with E-state index in [1.165, 1.54) is 0 Å². The zero-order chi connectivity index (χ0) is 12.7. The predicted molar refractivity (Wildman–Crippen MR) is 67.3 cm³/mol. The molecule has 0 saturated carbocycles. The Kier molecular flexibility index (Phi) is 5.69. The van der Waals surface area contributed by atoms with Crippen LogP contribution in [0.15, 0.2) is 6.07 Å². The van der Waals surface area contributed by atoms with Gasteiger partial charge in [0.2, 0.25) is 5.88 Å².